The van der Waals surface area contributed by atoms with Crippen LogP contribution in [0.15, 0.2) is 24.8 Å². The molecule has 7 nitrogen and oxygen atoms in total. The van der Waals surface area contributed by atoms with Crippen LogP contribution in [-0.4, -0.2) is 30.9 Å². The van der Waals surface area contributed by atoms with Crippen molar-refractivity contribution in [3.8, 4) is 0 Å². The van der Waals surface area contributed by atoms with Crippen LogP contribution in [0, 0.1) is 0 Å². The maximum absolute atomic E-state index is 11.6. The van der Waals surface area contributed by atoms with Crippen molar-refractivity contribution in [3.63, 3.8) is 0 Å². The first-order chi connectivity index (χ1) is 7.75. The van der Waals surface area contributed by atoms with E-state index in [-0.39, 0.29) is 18.5 Å². The van der Waals surface area contributed by atoms with Crippen molar-refractivity contribution in [1.82, 2.24) is 30.3 Å². The number of H-pyrrole nitrogens is 1. The Morgan fingerprint density at radius 2 is 2.50 bits per heavy atom. The number of hydrogen-bond acceptors (Lipinski definition) is 4. The first kappa shape index (κ1) is 10.3. The second-order valence-electron chi connectivity index (χ2n) is 3.36. The summed E-state index contributed by atoms with van der Waals surface area (Å²) in [5.41, 5.74) is 0. The summed E-state index contributed by atoms with van der Waals surface area (Å²) < 4.78 is 1.46. The number of imidazole rings is 1. The van der Waals surface area contributed by atoms with Crippen LogP contribution in [0.3, 0.4) is 0 Å². The van der Waals surface area contributed by atoms with E-state index in [9.17, 15) is 4.79 Å². The fourth-order valence-corrected chi connectivity index (χ4v) is 1.33. The minimum atomic E-state index is -0.147. The van der Waals surface area contributed by atoms with Gasteiger partial charge in [0.15, 0.2) is 0 Å². The van der Waals surface area contributed by atoms with Crippen LogP contribution in [0.2, 0.25) is 0 Å². The van der Waals surface area contributed by atoms with Crippen molar-refractivity contribution in [2.75, 3.05) is 0 Å². The largest absolute Gasteiger partial charge is 0.347 e. The molecule has 0 aliphatic rings. The summed E-state index contributed by atoms with van der Waals surface area (Å²) in [7, 11) is 0. The molecule has 0 aliphatic carbocycles. The number of hydrogen-bond donors (Lipinski definition) is 2. The molecule has 2 rings (SSSR count). The van der Waals surface area contributed by atoms with Crippen LogP contribution in [0.1, 0.15) is 18.8 Å². The summed E-state index contributed by atoms with van der Waals surface area (Å²) in [4.78, 5) is 18.6. The van der Waals surface area contributed by atoms with Crippen LogP contribution >= 0.6 is 0 Å². The average Bonchev–Trinajstić information content (AvgIpc) is 2.88. The summed E-state index contributed by atoms with van der Waals surface area (Å²) in [6.07, 6.45) is 6.53. The predicted octanol–water partition coefficient (Wildman–Crippen LogP) is -0.121. The van der Waals surface area contributed by atoms with Gasteiger partial charge in [-0.1, -0.05) is 5.21 Å². The zero-order valence-corrected chi connectivity index (χ0v) is 8.79. The van der Waals surface area contributed by atoms with E-state index in [2.05, 4.69) is 25.6 Å². The maximum Gasteiger partial charge on any atom is 0.242 e. The Morgan fingerprint density at radius 1 is 1.62 bits per heavy atom. The Balaban J connectivity index is 1.88. The van der Waals surface area contributed by atoms with Gasteiger partial charge in [0, 0.05) is 18.6 Å². The van der Waals surface area contributed by atoms with Crippen LogP contribution in [0.5, 0.6) is 0 Å². The third-order valence-corrected chi connectivity index (χ3v) is 2.08. The molecule has 1 amide bonds. The lowest BCUT2D eigenvalue weighted by Crippen LogP contribution is -2.30. The lowest BCUT2D eigenvalue weighted by atomic mass is 10.3. The van der Waals surface area contributed by atoms with Gasteiger partial charge in [-0.2, -0.15) is 0 Å². The first-order valence-electron chi connectivity index (χ1n) is 4.88. The van der Waals surface area contributed by atoms with Gasteiger partial charge in [0.1, 0.15) is 12.4 Å². The molecule has 1 atom stereocenters. The van der Waals surface area contributed by atoms with Crippen molar-refractivity contribution < 1.29 is 4.79 Å². The Kier molecular flexibility index (Phi) is 2.95. The van der Waals surface area contributed by atoms with E-state index < -0.39 is 0 Å². The lowest BCUT2D eigenvalue weighted by Gasteiger charge is -2.10. The molecule has 16 heavy (non-hydrogen) atoms. The highest BCUT2D eigenvalue weighted by Crippen LogP contribution is 2.04. The number of amides is 1. The fraction of sp³-hybridized carbons (Fsp3) is 0.333. The standard InChI is InChI=1S/C9H12N6O/c1-7(9-10-2-3-11-9)13-8(16)6-15-5-4-12-14-15/h2-5,7H,6H2,1H3,(H,10,11)(H,13,16). The van der Waals surface area contributed by atoms with Crippen LogP contribution in [0.25, 0.3) is 0 Å². The molecular formula is C9H12N6O. The number of aromatic nitrogens is 5. The topological polar surface area (TPSA) is 88.5 Å². The molecule has 0 radical (unpaired) electrons. The van der Waals surface area contributed by atoms with E-state index >= 15 is 0 Å². The van der Waals surface area contributed by atoms with Crippen LogP contribution in [0.4, 0.5) is 0 Å². The van der Waals surface area contributed by atoms with Gasteiger partial charge in [0.05, 0.1) is 12.2 Å². The number of nitrogens with zero attached hydrogens (tertiary/aromatic N) is 4. The van der Waals surface area contributed by atoms with Gasteiger partial charge >= 0.3 is 0 Å². The summed E-state index contributed by atoms with van der Waals surface area (Å²) >= 11 is 0. The summed E-state index contributed by atoms with van der Waals surface area (Å²) in [6.45, 7) is 2.02. The number of carbonyl (C=O) groups excluding carboxylic acids is 1. The van der Waals surface area contributed by atoms with Crippen molar-refractivity contribution >= 4 is 5.91 Å². The van der Waals surface area contributed by atoms with Crippen molar-refractivity contribution in [3.05, 3.63) is 30.6 Å². The number of aromatic amines is 1. The van der Waals surface area contributed by atoms with E-state index in [4.69, 9.17) is 0 Å². The maximum atomic E-state index is 11.6. The fourth-order valence-electron chi connectivity index (χ4n) is 1.33. The van der Waals surface area contributed by atoms with Gasteiger partial charge in [-0.3, -0.25) is 4.79 Å². The van der Waals surface area contributed by atoms with Gasteiger partial charge in [-0.05, 0) is 6.92 Å². The van der Waals surface area contributed by atoms with E-state index in [0.717, 1.165) is 5.82 Å². The molecule has 2 aromatic heterocycles. The first-order valence-corrected chi connectivity index (χ1v) is 4.88. The quantitative estimate of drug-likeness (QED) is 0.751. The molecule has 0 aromatic carbocycles. The SMILES string of the molecule is CC(NC(=O)Cn1ccnn1)c1ncc[nH]1. The predicted molar refractivity (Wildman–Crippen MR) is 55.2 cm³/mol. The molecule has 7 heteroatoms. The normalized spacial score (nSPS) is 12.3. The van der Waals surface area contributed by atoms with Gasteiger partial charge in [-0.15, -0.1) is 5.10 Å². The van der Waals surface area contributed by atoms with Gasteiger partial charge < -0.3 is 10.3 Å². The lowest BCUT2D eigenvalue weighted by molar-refractivity contribution is -0.122. The number of rotatable bonds is 4. The molecule has 0 aliphatic heterocycles. The molecule has 0 saturated carbocycles. The van der Waals surface area contributed by atoms with Crippen LogP contribution < -0.4 is 5.32 Å². The zero-order chi connectivity index (χ0) is 11.4. The number of carbonyl (C=O) groups is 1. The minimum Gasteiger partial charge on any atom is -0.347 e. The Hall–Kier alpha value is -2.18. The number of nitrogens with one attached hydrogen (secondary N) is 2. The Morgan fingerprint density at radius 3 is 3.12 bits per heavy atom. The van der Waals surface area contributed by atoms with E-state index in [1.165, 1.54) is 10.9 Å². The van der Waals surface area contributed by atoms with E-state index in [1.54, 1.807) is 18.6 Å². The van der Waals surface area contributed by atoms with Crippen molar-refractivity contribution in [1.29, 1.82) is 0 Å². The molecule has 0 spiro atoms. The molecule has 1 unspecified atom stereocenters. The molecule has 0 bridgehead atoms. The minimum absolute atomic E-state index is 0.130. The van der Waals surface area contributed by atoms with Crippen molar-refractivity contribution in [2.24, 2.45) is 0 Å². The summed E-state index contributed by atoms with van der Waals surface area (Å²) in [6, 6.07) is -0.147. The second kappa shape index (κ2) is 4.56. The monoisotopic (exact) mass is 220 g/mol. The van der Waals surface area contributed by atoms with Crippen molar-refractivity contribution in [2.45, 2.75) is 19.5 Å². The Bertz CT molecular complexity index is 435. The highest BCUT2D eigenvalue weighted by Gasteiger charge is 2.11. The average molecular weight is 220 g/mol. The van der Waals surface area contributed by atoms with Gasteiger partial charge in [0.25, 0.3) is 0 Å². The molecule has 2 heterocycles. The third-order valence-electron chi connectivity index (χ3n) is 2.08. The summed E-state index contributed by atoms with van der Waals surface area (Å²) in [5.74, 6) is 0.598. The molecule has 84 valence electrons. The smallest absolute Gasteiger partial charge is 0.242 e. The second-order valence-corrected chi connectivity index (χ2v) is 3.36. The summed E-state index contributed by atoms with van der Waals surface area (Å²) in [5, 5.41) is 10.1. The van der Waals surface area contributed by atoms with Gasteiger partial charge in [0.2, 0.25) is 5.91 Å². The Labute approximate surface area is 91.9 Å². The molecular weight excluding hydrogens is 208 g/mol. The molecule has 0 fully saturated rings. The highest BCUT2D eigenvalue weighted by atomic mass is 16.2. The zero-order valence-electron chi connectivity index (χ0n) is 8.79. The molecule has 0 saturated heterocycles. The highest BCUT2D eigenvalue weighted by molar-refractivity contribution is 5.75. The van der Waals surface area contributed by atoms with Crippen LogP contribution in [-0.2, 0) is 11.3 Å². The molecule has 2 N–H and O–H groups in total. The third kappa shape index (κ3) is 2.44. The van der Waals surface area contributed by atoms with E-state index in [0.29, 0.717) is 0 Å². The molecule has 2 aromatic rings. The van der Waals surface area contributed by atoms with Gasteiger partial charge in [-0.25, -0.2) is 9.67 Å². The van der Waals surface area contributed by atoms with E-state index in [1.807, 2.05) is 6.92 Å².